The van der Waals surface area contributed by atoms with Crippen molar-refractivity contribution in [3.8, 4) is 5.69 Å². The second-order valence-corrected chi connectivity index (χ2v) is 7.54. The molecule has 5 rings (SSSR count). The maximum Gasteiger partial charge on any atom is 0.231 e. The van der Waals surface area contributed by atoms with Gasteiger partial charge >= 0.3 is 0 Å². The fraction of sp³-hybridized carbons (Fsp3) is 0.238. The minimum absolute atomic E-state index is 0.0851. The first-order valence-corrected chi connectivity index (χ1v) is 9.69. The lowest BCUT2D eigenvalue weighted by Crippen LogP contribution is -2.22. The molecule has 1 saturated heterocycles. The van der Waals surface area contributed by atoms with Crippen LogP contribution >= 0.6 is 11.6 Å². The number of rotatable bonds is 2. The fourth-order valence-corrected chi connectivity index (χ4v) is 4.27. The van der Waals surface area contributed by atoms with Crippen molar-refractivity contribution in [1.82, 2.24) is 9.55 Å². The summed E-state index contributed by atoms with van der Waals surface area (Å²) in [6.07, 6.45) is 3.98. The van der Waals surface area contributed by atoms with Crippen molar-refractivity contribution < 1.29 is 9.13 Å². The molecule has 5 nitrogen and oxygen atoms in total. The highest BCUT2D eigenvalue weighted by Crippen LogP contribution is 2.32. The average molecular weight is 397 g/mol. The molecule has 3 heterocycles. The van der Waals surface area contributed by atoms with Gasteiger partial charge in [-0.2, -0.15) is 4.74 Å². The molecule has 0 bridgehead atoms. The van der Waals surface area contributed by atoms with Crippen LogP contribution in [0.2, 0.25) is 5.02 Å². The number of benzene rings is 2. The monoisotopic (exact) mass is 396 g/mol. The van der Waals surface area contributed by atoms with Gasteiger partial charge in [0.2, 0.25) is 5.71 Å². The number of hydrogen-bond donors (Lipinski definition) is 0. The van der Waals surface area contributed by atoms with E-state index in [1.807, 2.05) is 10.6 Å². The molecule has 0 unspecified atom stereocenters. The number of anilines is 1. The van der Waals surface area contributed by atoms with Crippen LogP contribution in [0, 0.1) is 11.0 Å². The first kappa shape index (κ1) is 17.3. The highest BCUT2D eigenvalue weighted by atomic mass is 35.5. The SMILES string of the molecule is [O-][N+]1=C(c2ccccc2F)c2cc(Cl)ccc2-n2cnc(N3CCCC3)c2C1. The Hall–Kier alpha value is -2.86. The summed E-state index contributed by atoms with van der Waals surface area (Å²) in [7, 11) is 0. The number of halogens is 2. The van der Waals surface area contributed by atoms with Gasteiger partial charge in [0.15, 0.2) is 12.4 Å². The van der Waals surface area contributed by atoms with Crippen LogP contribution in [0.1, 0.15) is 29.7 Å². The van der Waals surface area contributed by atoms with Gasteiger partial charge in [0.25, 0.3) is 0 Å². The summed E-state index contributed by atoms with van der Waals surface area (Å²) in [4.78, 5) is 6.81. The molecular weight excluding hydrogens is 379 g/mol. The highest BCUT2D eigenvalue weighted by molar-refractivity contribution is 6.31. The Labute approximate surface area is 166 Å². The van der Waals surface area contributed by atoms with E-state index in [9.17, 15) is 9.60 Å². The van der Waals surface area contributed by atoms with Gasteiger partial charge in [-0.25, -0.2) is 9.37 Å². The van der Waals surface area contributed by atoms with Crippen LogP contribution in [0.15, 0.2) is 48.8 Å². The normalized spacial score (nSPS) is 16.1. The van der Waals surface area contributed by atoms with Crippen LogP contribution < -0.4 is 4.90 Å². The third-order valence-electron chi connectivity index (χ3n) is 5.40. The number of hydrogen-bond acceptors (Lipinski definition) is 3. The van der Waals surface area contributed by atoms with Gasteiger partial charge in [0.05, 0.1) is 16.8 Å². The van der Waals surface area contributed by atoms with Crippen LogP contribution in [0.3, 0.4) is 0 Å². The molecule has 2 aliphatic heterocycles. The first-order chi connectivity index (χ1) is 13.6. The first-order valence-electron chi connectivity index (χ1n) is 9.31. The zero-order valence-corrected chi connectivity index (χ0v) is 15.9. The van der Waals surface area contributed by atoms with Crippen LogP contribution in [-0.2, 0) is 6.54 Å². The lowest BCUT2D eigenvalue weighted by atomic mass is 10.00. The zero-order chi connectivity index (χ0) is 19.3. The molecule has 3 aromatic rings. The van der Waals surface area contributed by atoms with Crippen molar-refractivity contribution in [1.29, 1.82) is 0 Å². The topological polar surface area (TPSA) is 47.1 Å². The molecule has 0 aliphatic carbocycles. The van der Waals surface area contributed by atoms with Crippen LogP contribution in [0.4, 0.5) is 10.2 Å². The van der Waals surface area contributed by atoms with Crippen LogP contribution in [0.25, 0.3) is 5.69 Å². The zero-order valence-electron chi connectivity index (χ0n) is 15.1. The Balaban J connectivity index is 1.77. The van der Waals surface area contributed by atoms with E-state index < -0.39 is 5.82 Å². The average Bonchev–Trinajstić information content (AvgIpc) is 3.32. The second-order valence-electron chi connectivity index (χ2n) is 7.11. The van der Waals surface area contributed by atoms with Crippen molar-refractivity contribution in [3.05, 3.63) is 81.7 Å². The van der Waals surface area contributed by atoms with Crippen molar-refractivity contribution in [2.75, 3.05) is 18.0 Å². The fourth-order valence-electron chi connectivity index (χ4n) is 4.10. The summed E-state index contributed by atoms with van der Waals surface area (Å²) in [5.41, 5.74) is 2.73. The highest BCUT2D eigenvalue weighted by Gasteiger charge is 2.31. The van der Waals surface area contributed by atoms with Crippen molar-refractivity contribution in [2.24, 2.45) is 0 Å². The van der Waals surface area contributed by atoms with E-state index in [-0.39, 0.29) is 17.8 Å². The Morgan fingerprint density at radius 3 is 2.64 bits per heavy atom. The van der Waals surface area contributed by atoms with Crippen LogP contribution in [-0.4, -0.2) is 33.1 Å². The molecule has 0 N–H and O–H groups in total. The summed E-state index contributed by atoms with van der Waals surface area (Å²) in [6.45, 7) is 1.95. The van der Waals surface area contributed by atoms with Gasteiger partial charge in [0, 0.05) is 18.1 Å². The lowest BCUT2D eigenvalue weighted by Gasteiger charge is -2.16. The number of imidazole rings is 1. The number of aromatic nitrogens is 2. The molecule has 1 aromatic heterocycles. The molecule has 2 aromatic carbocycles. The van der Waals surface area contributed by atoms with Gasteiger partial charge < -0.3 is 10.1 Å². The number of fused-ring (bicyclic) bond motifs is 3. The van der Waals surface area contributed by atoms with Gasteiger partial charge in [-0.15, -0.1) is 0 Å². The van der Waals surface area contributed by atoms with Crippen molar-refractivity contribution in [2.45, 2.75) is 19.4 Å². The summed E-state index contributed by atoms with van der Waals surface area (Å²) < 4.78 is 17.4. The second kappa shape index (κ2) is 6.63. The quantitative estimate of drug-likeness (QED) is 0.483. The minimum atomic E-state index is -0.436. The molecule has 0 amide bonds. The van der Waals surface area contributed by atoms with Crippen molar-refractivity contribution in [3.63, 3.8) is 0 Å². The molecule has 28 heavy (non-hydrogen) atoms. The molecule has 142 valence electrons. The summed E-state index contributed by atoms with van der Waals surface area (Å²) in [6, 6.07) is 11.7. The maximum atomic E-state index is 14.6. The third kappa shape index (κ3) is 2.67. The molecule has 2 aliphatic rings. The van der Waals surface area contributed by atoms with E-state index in [1.165, 1.54) is 6.07 Å². The minimum Gasteiger partial charge on any atom is -0.623 e. The standard InChI is InChI=1S/C21H18ClFN4O/c22-14-7-8-18-16(11-14)20(15-5-1-2-6-17(15)23)27(28)12-19-21(24-13-26(18)19)25-9-3-4-10-25/h1-2,5-8,11,13H,3-4,9-10,12H2. The molecule has 7 heteroatoms. The Kier molecular flexibility index (Phi) is 4.09. The molecular formula is C21H18ClFN4O. The summed E-state index contributed by atoms with van der Waals surface area (Å²) in [5, 5.41) is 13.8. The van der Waals surface area contributed by atoms with Gasteiger partial charge in [0.1, 0.15) is 17.8 Å². The molecule has 0 saturated carbocycles. The van der Waals surface area contributed by atoms with Crippen molar-refractivity contribution >= 4 is 23.1 Å². The Morgan fingerprint density at radius 1 is 1.07 bits per heavy atom. The predicted molar refractivity (Wildman–Crippen MR) is 107 cm³/mol. The maximum absolute atomic E-state index is 14.6. The predicted octanol–water partition coefficient (Wildman–Crippen LogP) is 4.13. The van der Waals surface area contributed by atoms with E-state index in [1.54, 1.807) is 36.7 Å². The summed E-state index contributed by atoms with van der Waals surface area (Å²) in [5.74, 6) is 0.391. The number of hydroxylamine groups is 1. The van der Waals surface area contributed by atoms with E-state index in [2.05, 4.69) is 9.88 Å². The van der Waals surface area contributed by atoms with Gasteiger partial charge in [-0.3, -0.25) is 4.57 Å². The Bertz CT molecular complexity index is 1100. The van der Waals surface area contributed by atoms with Gasteiger partial charge in [-0.05, 0) is 43.2 Å². The van der Waals surface area contributed by atoms with Gasteiger partial charge in [-0.1, -0.05) is 23.7 Å². The van der Waals surface area contributed by atoms with E-state index in [0.717, 1.165) is 47.9 Å². The van der Waals surface area contributed by atoms with E-state index >= 15 is 0 Å². The van der Waals surface area contributed by atoms with E-state index in [0.29, 0.717) is 10.6 Å². The van der Waals surface area contributed by atoms with E-state index in [4.69, 9.17) is 11.6 Å². The largest absolute Gasteiger partial charge is 0.623 e. The third-order valence-corrected chi connectivity index (χ3v) is 5.63. The lowest BCUT2D eigenvalue weighted by molar-refractivity contribution is -0.474. The molecule has 0 spiro atoms. The summed E-state index contributed by atoms with van der Waals surface area (Å²) >= 11 is 6.25. The molecule has 1 fully saturated rings. The number of nitrogens with zero attached hydrogens (tertiary/aromatic N) is 4. The molecule has 0 atom stereocenters. The molecule has 0 radical (unpaired) electrons. The smallest absolute Gasteiger partial charge is 0.231 e. The Morgan fingerprint density at radius 2 is 1.86 bits per heavy atom. The van der Waals surface area contributed by atoms with Crippen LogP contribution in [0.5, 0.6) is 0 Å².